The topological polar surface area (TPSA) is 0 Å². The van der Waals surface area contributed by atoms with Crippen molar-refractivity contribution < 1.29 is 0 Å². The SMILES string of the molecule is Cc1ccc(C2=CCC([SiH2]C3(C)C=CC=CC3)=C2C(C)(C)C)cc1. The maximum absolute atomic E-state index is 2.49. The van der Waals surface area contributed by atoms with Gasteiger partial charge in [-0.2, -0.15) is 0 Å². The summed E-state index contributed by atoms with van der Waals surface area (Å²) >= 11 is 0. The first-order valence-corrected chi connectivity index (χ1v) is 10.5. The summed E-state index contributed by atoms with van der Waals surface area (Å²) in [5.74, 6) is 0. The predicted octanol–water partition coefficient (Wildman–Crippen LogP) is 5.95. The van der Waals surface area contributed by atoms with Crippen molar-refractivity contribution in [2.24, 2.45) is 5.41 Å². The lowest BCUT2D eigenvalue weighted by atomic mass is 9.81. The largest absolute Gasteiger partial charge is 0.0840 e. The van der Waals surface area contributed by atoms with E-state index in [0.717, 1.165) is 6.42 Å². The second-order valence-electron chi connectivity index (χ2n) is 8.74. The Bertz CT molecular complexity index is 735. The van der Waals surface area contributed by atoms with Gasteiger partial charge in [0.25, 0.3) is 0 Å². The average Bonchev–Trinajstić information content (AvgIpc) is 2.91. The van der Waals surface area contributed by atoms with Crippen LogP contribution in [0, 0.1) is 12.3 Å². The molecular weight excluding hydrogens is 304 g/mol. The summed E-state index contributed by atoms with van der Waals surface area (Å²) in [4.78, 5) is 0. The smallest absolute Gasteiger partial charge is 0.0612 e. The van der Waals surface area contributed by atoms with E-state index in [2.05, 4.69) is 89.3 Å². The first-order chi connectivity index (χ1) is 11.3. The fourth-order valence-corrected chi connectivity index (χ4v) is 6.83. The fourth-order valence-electron chi connectivity index (χ4n) is 4.10. The lowest BCUT2D eigenvalue weighted by molar-refractivity contribution is 0.519. The van der Waals surface area contributed by atoms with Gasteiger partial charge < -0.3 is 0 Å². The quantitative estimate of drug-likeness (QED) is 0.600. The Labute approximate surface area is 149 Å². The number of benzene rings is 1. The van der Waals surface area contributed by atoms with E-state index in [-0.39, 0.29) is 14.9 Å². The van der Waals surface area contributed by atoms with E-state index < -0.39 is 0 Å². The number of rotatable bonds is 3. The molecule has 0 radical (unpaired) electrons. The van der Waals surface area contributed by atoms with Gasteiger partial charge >= 0.3 is 0 Å². The summed E-state index contributed by atoms with van der Waals surface area (Å²) in [7, 11) is -0.337. The van der Waals surface area contributed by atoms with E-state index in [9.17, 15) is 0 Å². The van der Waals surface area contributed by atoms with Crippen LogP contribution in [0.1, 0.15) is 51.7 Å². The zero-order valence-electron chi connectivity index (χ0n) is 15.8. The van der Waals surface area contributed by atoms with Crippen molar-refractivity contribution in [2.75, 3.05) is 0 Å². The van der Waals surface area contributed by atoms with Gasteiger partial charge in [-0.05, 0) is 46.9 Å². The normalized spacial score (nSPS) is 24.3. The number of hydrogen-bond acceptors (Lipinski definition) is 0. The molecule has 2 aliphatic rings. The first-order valence-electron chi connectivity index (χ1n) is 9.13. The highest BCUT2D eigenvalue weighted by Crippen LogP contribution is 2.47. The second-order valence-corrected chi connectivity index (χ2v) is 11.6. The van der Waals surface area contributed by atoms with Crippen LogP contribution in [0.25, 0.3) is 5.57 Å². The fraction of sp³-hybridized carbons (Fsp3) is 0.391. The highest BCUT2D eigenvalue weighted by Gasteiger charge is 2.32. The molecule has 0 saturated carbocycles. The van der Waals surface area contributed by atoms with Crippen LogP contribution in [0.2, 0.25) is 5.04 Å². The molecule has 0 nitrogen and oxygen atoms in total. The van der Waals surface area contributed by atoms with Crippen molar-refractivity contribution in [3.63, 3.8) is 0 Å². The third kappa shape index (κ3) is 3.56. The predicted molar refractivity (Wildman–Crippen MR) is 110 cm³/mol. The number of aryl methyl sites for hydroxylation is 1. The van der Waals surface area contributed by atoms with Crippen LogP contribution >= 0.6 is 0 Å². The van der Waals surface area contributed by atoms with Gasteiger partial charge in [0.1, 0.15) is 0 Å². The van der Waals surface area contributed by atoms with Crippen molar-refractivity contribution >= 4 is 15.1 Å². The summed E-state index contributed by atoms with van der Waals surface area (Å²) in [6.45, 7) is 11.8. The summed E-state index contributed by atoms with van der Waals surface area (Å²) in [5.41, 5.74) is 6.05. The zero-order valence-corrected chi connectivity index (χ0v) is 17.2. The van der Waals surface area contributed by atoms with Crippen molar-refractivity contribution in [1.29, 1.82) is 0 Å². The van der Waals surface area contributed by atoms with Crippen LogP contribution in [0.5, 0.6) is 0 Å². The zero-order chi connectivity index (χ0) is 17.4. The highest BCUT2D eigenvalue weighted by molar-refractivity contribution is 6.51. The Balaban J connectivity index is 1.97. The van der Waals surface area contributed by atoms with Gasteiger partial charge in [0.2, 0.25) is 0 Å². The third-order valence-corrected chi connectivity index (χ3v) is 7.64. The average molecular weight is 335 g/mol. The van der Waals surface area contributed by atoms with E-state index >= 15 is 0 Å². The molecule has 0 aliphatic heterocycles. The monoisotopic (exact) mass is 334 g/mol. The van der Waals surface area contributed by atoms with Crippen LogP contribution in [-0.4, -0.2) is 9.52 Å². The van der Waals surface area contributed by atoms with Crippen molar-refractivity contribution in [3.05, 3.63) is 76.5 Å². The number of hydrogen-bond donors (Lipinski definition) is 0. The molecule has 1 unspecified atom stereocenters. The molecule has 1 heteroatoms. The molecule has 1 atom stereocenters. The van der Waals surface area contributed by atoms with Gasteiger partial charge in [-0.3, -0.25) is 0 Å². The van der Waals surface area contributed by atoms with Gasteiger partial charge in [0, 0.05) is 0 Å². The molecule has 0 N–H and O–H groups in total. The third-order valence-electron chi connectivity index (χ3n) is 5.24. The van der Waals surface area contributed by atoms with Crippen LogP contribution in [-0.2, 0) is 0 Å². The van der Waals surface area contributed by atoms with Crippen LogP contribution in [0.15, 0.2) is 65.4 Å². The molecule has 1 aromatic rings. The second kappa shape index (κ2) is 6.37. The van der Waals surface area contributed by atoms with E-state index in [1.54, 1.807) is 10.8 Å². The molecule has 0 heterocycles. The van der Waals surface area contributed by atoms with Gasteiger partial charge in [-0.1, -0.05) is 93.1 Å². The molecule has 2 aliphatic carbocycles. The molecule has 1 aromatic carbocycles. The van der Waals surface area contributed by atoms with Crippen molar-refractivity contribution in [3.8, 4) is 0 Å². The molecule has 0 spiro atoms. The van der Waals surface area contributed by atoms with Gasteiger partial charge in [-0.25, -0.2) is 0 Å². The van der Waals surface area contributed by atoms with E-state index in [1.165, 1.54) is 23.1 Å². The molecule has 0 aromatic heterocycles. The standard InChI is InChI=1S/C23H30Si/c1-17-9-11-18(12-10-17)19-13-14-20(21(19)22(2,3)4)24-23(5)15-7-6-8-16-23/h6-13,15H,14,16,24H2,1-5H3. The van der Waals surface area contributed by atoms with Gasteiger partial charge in [0.05, 0.1) is 9.52 Å². The minimum absolute atomic E-state index is 0.208. The minimum Gasteiger partial charge on any atom is -0.0840 e. The Morgan fingerprint density at radius 2 is 1.75 bits per heavy atom. The lowest BCUT2D eigenvalue weighted by Gasteiger charge is -2.31. The first kappa shape index (κ1) is 17.2. The molecule has 0 amide bonds. The molecule has 0 saturated heterocycles. The summed E-state index contributed by atoms with van der Waals surface area (Å²) in [6.07, 6.45) is 14.1. The van der Waals surface area contributed by atoms with Crippen LogP contribution < -0.4 is 0 Å². The number of allylic oxidation sites excluding steroid dienone is 8. The summed E-state index contributed by atoms with van der Waals surface area (Å²) in [6, 6.07) is 9.06. The van der Waals surface area contributed by atoms with Crippen molar-refractivity contribution in [1.82, 2.24) is 0 Å². The molecular formula is C23H30Si. The molecule has 24 heavy (non-hydrogen) atoms. The Morgan fingerprint density at radius 1 is 1.04 bits per heavy atom. The van der Waals surface area contributed by atoms with E-state index in [1.807, 2.05) is 0 Å². The molecule has 3 rings (SSSR count). The Morgan fingerprint density at radius 3 is 2.33 bits per heavy atom. The van der Waals surface area contributed by atoms with Crippen LogP contribution in [0.4, 0.5) is 0 Å². The summed E-state index contributed by atoms with van der Waals surface area (Å²) in [5, 5.41) is 2.16. The Kier molecular flexibility index (Phi) is 4.57. The molecule has 0 fully saturated rings. The van der Waals surface area contributed by atoms with Gasteiger partial charge in [0.15, 0.2) is 0 Å². The Hall–Kier alpha value is -1.60. The maximum atomic E-state index is 2.49. The van der Waals surface area contributed by atoms with Crippen LogP contribution in [0.3, 0.4) is 0 Å². The lowest BCUT2D eigenvalue weighted by Crippen LogP contribution is -2.21. The highest BCUT2D eigenvalue weighted by atomic mass is 28.2. The van der Waals surface area contributed by atoms with Gasteiger partial charge in [-0.15, -0.1) is 0 Å². The van der Waals surface area contributed by atoms with E-state index in [0.29, 0.717) is 5.04 Å². The van der Waals surface area contributed by atoms with Crippen molar-refractivity contribution in [2.45, 2.75) is 52.5 Å². The van der Waals surface area contributed by atoms with E-state index in [4.69, 9.17) is 0 Å². The maximum Gasteiger partial charge on any atom is 0.0612 e. The molecule has 126 valence electrons. The minimum atomic E-state index is -0.337. The molecule has 0 bridgehead atoms. The summed E-state index contributed by atoms with van der Waals surface area (Å²) < 4.78 is 0.